The molecule has 2 atom stereocenters. The van der Waals surface area contributed by atoms with Crippen LogP contribution >= 0.6 is 0 Å². The van der Waals surface area contributed by atoms with Crippen LogP contribution in [0.4, 0.5) is 8.78 Å². The number of hydrogen-bond acceptors (Lipinski definition) is 2. The van der Waals surface area contributed by atoms with Crippen LogP contribution in [0.1, 0.15) is 37.7 Å². The van der Waals surface area contributed by atoms with Crippen molar-refractivity contribution in [3.63, 3.8) is 0 Å². The van der Waals surface area contributed by atoms with Crippen molar-refractivity contribution in [2.75, 3.05) is 0 Å². The average Bonchev–Trinajstić information content (AvgIpc) is 2.44. The molecule has 0 radical (unpaired) electrons. The van der Waals surface area contributed by atoms with E-state index in [9.17, 15) is 18.4 Å². The summed E-state index contributed by atoms with van der Waals surface area (Å²) in [4.78, 5) is 23.2. The van der Waals surface area contributed by atoms with Crippen molar-refractivity contribution in [1.82, 2.24) is 5.32 Å². The molecule has 21 heavy (non-hydrogen) atoms. The number of amides is 1. The average molecular weight is 299 g/mol. The summed E-state index contributed by atoms with van der Waals surface area (Å²) < 4.78 is 24.7. The van der Waals surface area contributed by atoms with E-state index in [4.69, 9.17) is 5.11 Å². The number of hydrogen-bond donors (Lipinski definition) is 2. The number of alkyl halides is 2. The molecular formula is C15H19F2NO3. The van der Waals surface area contributed by atoms with Gasteiger partial charge in [-0.3, -0.25) is 4.79 Å². The second kappa shape index (κ2) is 8.34. The lowest BCUT2D eigenvalue weighted by molar-refractivity contribution is -0.143. The van der Waals surface area contributed by atoms with Crippen LogP contribution in [0.25, 0.3) is 0 Å². The van der Waals surface area contributed by atoms with E-state index in [2.05, 4.69) is 5.32 Å². The summed E-state index contributed by atoms with van der Waals surface area (Å²) in [6, 6.07) is 7.32. The fraction of sp³-hybridized carbons (Fsp3) is 0.467. The summed E-state index contributed by atoms with van der Waals surface area (Å²) in [5.74, 6) is -2.52. The molecule has 1 amide bonds. The van der Waals surface area contributed by atoms with E-state index in [1.165, 1.54) is 0 Å². The van der Waals surface area contributed by atoms with Crippen molar-refractivity contribution >= 4 is 11.9 Å². The van der Waals surface area contributed by atoms with Crippen LogP contribution in [0.15, 0.2) is 30.3 Å². The maximum atomic E-state index is 12.4. The molecule has 2 N–H and O–H groups in total. The highest BCUT2D eigenvalue weighted by molar-refractivity contribution is 5.88. The molecule has 116 valence electrons. The molecular weight excluding hydrogens is 280 g/mol. The Labute approximate surface area is 122 Å². The molecule has 2 unspecified atom stereocenters. The quantitative estimate of drug-likeness (QED) is 0.775. The molecule has 0 aliphatic rings. The molecule has 0 heterocycles. The zero-order chi connectivity index (χ0) is 15.8. The predicted octanol–water partition coefficient (Wildman–Crippen LogP) is 2.79. The van der Waals surface area contributed by atoms with E-state index in [0.29, 0.717) is 6.42 Å². The Balaban J connectivity index is 2.83. The van der Waals surface area contributed by atoms with E-state index in [0.717, 1.165) is 12.0 Å². The monoisotopic (exact) mass is 299 g/mol. The number of carboxylic acids is 1. The number of aliphatic carboxylic acids is 1. The number of rotatable bonds is 8. The van der Waals surface area contributed by atoms with Crippen LogP contribution in [-0.4, -0.2) is 29.5 Å². The van der Waals surface area contributed by atoms with Crippen LogP contribution in [-0.2, 0) is 9.59 Å². The van der Waals surface area contributed by atoms with Crippen molar-refractivity contribution in [1.29, 1.82) is 0 Å². The van der Waals surface area contributed by atoms with Gasteiger partial charge in [0.2, 0.25) is 12.3 Å². The molecule has 0 aliphatic heterocycles. The fourth-order valence-corrected chi connectivity index (χ4v) is 2.10. The van der Waals surface area contributed by atoms with Gasteiger partial charge in [0.1, 0.15) is 6.04 Å². The van der Waals surface area contributed by atoms with E-state index in [1.54, 1.807) is 30.3 Å². The maximum Gasteiger partial charge on any atom is 0.326 e. The third-order valence-electron chi connectivity index (χ3n) is 3.12. The third kappa shape index (κ3) is 5.49. The Morgan fingerprint density at radius 1 is 1.24 bits per heavy atom. The van der Waals surface area contributed by atoms with Crippen molar-refractivity contribution < 1.29 is 23.5 Å². The van der Waals surface area contributed by atoms with Crippen LogP contribution in [0.3, 0.4) is 0 Å². The fourth-order valence-electron chi connectivity index (χ4n) is 2.10. The molecule has 1 rings (SSSR count). The zero-order valence-corrected chi connectivity index (χ0v) is 11.8. The van der Waals surface area contributed by atoms with Crippen LogP contribution in [0.5, 0.6) is 0 Å². The van der Waals surface area contributed by atoms with Gasteiger partial charge >= 0.3 is 5.97 Å². The van der Waals surface area contributed by atoms with Gasteiger partial charge in [0.25, 0.3) is 0 Å². The van der Waals surface area contributed by atoms with Gasteiger partial charge in [-0.25, -0.2) is 13.6 Å². The molecule has 1 aromatic rings. The lowest BCUT2D eigenvalue weighted by atomic mass is 9.93. The Morgan fingerprint density at radius 2 is 1.86 bits per heavy atom. The van der Waals surface area contributed by atoms with E-state index in [1.807, 2.05) is 6.92 Å². The first-order chi connectivity index (χ1) is 9.95. The van der Waals surface area contributed by atoms with Gasteiger partial charge in [0.05, 0.1) is 5.92 Å². The van der Waals surface area contributed by atoms with Gasteiger partial charge in [-0.05, 0) is 12.0 Å². The number of carbonyl (C=O) groups is 2. The minimum absolute atomic E-state index is 0.525. The lowest BCUT2D eigenvalue weighted by Gasteiger charge is -2.20. The van der Waals surface area contributed by atoms with Crippen molar-refractivity contribution in [2.24, 2.45) is 0 Å². The first kappa shape index (κ1) is 17.1. The molecule has 0 saturated heterocycles. The molecule has 6 heteroatoms. The summed E-state index contributed by atoms with van der Waals surface area (Å²) in [5.41, 5.74) is 0.748. The number of carbonyl (C=O) groups excluding carboxylic acids is 1. The number of benzene rings is 1. The molecule has 0 aliphatic carbocycles. The smallest absolute Gasteiger partial charge is 0.326 e. The van der Waals surface area contributed by atoms with Gasteiger partial charge in [0.15, 0.2) is 0 Å². The van der Waals surface area contributed by atoms with Gasteiger partial charge in [-0.1, -0.05) is 43.7 Å². The summed E-state index contributed by atoms with van der Waals surface area (Å²) in [7, 11) is 0. The van der Waals surface area contributed by atoms with Crippen LogP contribution in [0, 0.1) is 0 Å². The Hall–Kier alpha value is -1.98. The van der Waals surface area contributed by atoms with E-state index in [-0.39, 0.29) is 0 Å². The molecule has 0 fully saturated rings. The second-order valence-corrected chi connectivity index (χ2v) is 4.78. The summed E-state index contributed by atoms with van der Waals surface area (Å²) >= 11 is 0. The van der Waals surface area contributed by atoms with Crippen molar-refractivity contribution in [3.05, 3.63) is 35.9 Å². The molecule has 0 bridgehead atoms. The zero-order valence-electron chi connectivity index (χ0n) is 11.8. The van der Waals surface area contributed by atoms with Crippen molar-refractivity contribution in [2.45, 2.75) is 44.6 Å². The van der Waals surface area contributed by atoms with Gasteiger partial charge < -0.3 is 10.4 Å². The van der Waals surface area contributed by atoms with Crippen LogP contribution in [0.2, 0.25) is 0 Å². The van der Waals surface area contributed by atoms with Gasteiger partial charge in [0, 0.05) is 6.42 Å². The molecule has 0 saturated carbocycles. The summed E-state index contributed by atoms with van der Waals surface area (Å²) in [5, 5.41) is 11.1. The van der Waals surface area contributed by atoms with Crippen LogP contribution < -0.4 is 5.32 Å². The molecule has 4 nitrogen and oxygen atoms in total. The summed E-state index contributed by atoms with van der Waals surface area (Å²) in [6.45, 7) is 1.90. The second-order valence-electron chi connectivity index (χ2n) is 4.78. The largest absolute Gasteiger partial charge is 0.480 e. The maximum absolute atomic E-state index is 12.4. The first-order valence-electron chi connectivity index (χ1n) is 6.82. The Bertz CT molecular complexity index is 465. The highest BCUT2D eigenvalue weighted by Crippen LogP contribution is 2.21. The minimum Gasteiger partial charge on any atom is -0.480 e. The molecule has 0 aromatic heterocycles. The topological polar surface area (TPSA) is 66.4 Å². The number of nitrogens with one attached hydrogen (secondary N) is 1. The summed E-state index contributed by atoms with van der Waals surface area (Å²) in [6.07, 6.45) is -2.43. The number of halogens is 2. The lowest BCUT2D eigenvalue weighted by Crippen LogP contribution is -2.44. The Kier molecular flexibility index (Phi) is 6.78. The Morgan fingerprint density at radius 3 is 2.33 bits per heavy atom. The van der Waals surface area contributed by atoms with E-state index >= 15 is 0 Å². The normalized spacial score (nSPS) is 13.7. The third-order valence-corrected chi connectivity index (χ3v) is 3.12. The predicted molar refractivity (Wildman–Crippen MR) is 74.3 cm³/mol. The molecule has 0 spiro atoms. The first-order valence-corrected chi connectivity index (χ1v) is 6.82. The van der Waals surface area contributed by atoms with Crippen molar-refractivity contribution in [3.8, 4) is 0 Å². The molecule has 1 aromatic carbocycles. The standard InChI is InChI=1S/C15H19F2NO3/c1-2-6-11(10-7-4-3-5-8-10)14(19)18-12(15(20)21)9-13(16)17/h3-5,7-8,11-13H,2,6,9H2,1H3,(H,18,19)(H,20,21). The highest BCUT2D eigenvalue weighted by atomic mass is 19.3. The van der Waals surface area contributed by atoms with Gasteiger partial charge in [-0.15, -0.1) is 0 Å². The van der Waals surface area contributed by atoms with Gasteiger partial charge in [-0.2, -0.15) is 0 Å². The highest BCUT2D eigenvalue weighted by Gasteiger charge is 2.28. The van der Waals surface area contributed by atoms with E-state index < -0.39 is 36.7 Å². The minimum atomic E-state index is -2.78. The number of carboxylic acid groups (broad SMARTS) is 1. The SMILES string of the molecule is CCCC(C(=O)NC(CC(F)F)C(=O)O)c1ccccc1.